The molecule has 1 amide bonds. The van der Waals surface area contributed by atoms with Crippen LogP contribution in [0.5, 0.6) is 5.75 Å². The van der Waals surface area contributed by atoms with E-state index in [1.165, 1.54) is 17.7 Å². The normalized spacial score (nSPS) is 13.5. The fraction of sp³-hybridized carbons (Fsp3) is 0.304. The summed E-state index contributed by atoms with van der Waals surface area (Å²) in [6.07, 6.45) is -6.49. The van der Waals surface area contributed by atoms with Crippen LogP contribution < -0.4 is 10.1 Å². The zero-order valence-electron chi connectivity index (χ0n) is 18.4. The number of amides is 1. The molecule has 0 aliphatic carbocycles. The molecule has 2 N–H and O–H groups in total. The van der Waals surface area contributed by atoms with Gasteiger partial charge in [0.15, 0.2) is 6.10 Å². The maximum atomic E-state index is 15.0. The quantitative estimate of drug-likeness (QED) is 0.493. The van der Waals surface area contributed by atoms with E-state index in [-0.39, 0.29) is 17.1 Å². The third kappa shape index (κ3) is 5.33. The number of carbonyl (C=O) groups excluding carboxylic acids is 1. The number of hydrogen-bond acceptors (Lipinski definition) is 4. The van der Waals surface area contributed by atoms with Crippen LogP contribution in [-0.2, 0) is 7.05 Å². The van der Waals surface area contributed by atoms with Gasteiger partial charge in [-0.25, -0.2) is 9.37 Å². The average Bonchev–Trinajstić information content (AvgIpc) is 3.11. The number of anilines is 1. The van der Waals surface area contributed by atoms with Crippen LogP contribution in [0.4, 0.5) is 23.2 Å². The lowest BCUT2D eigenvalue weighted by molar-refractivity contribution is -0.189. The number of aliphatic hydroxyl groups is 1. The highest BCUT2D eigenvalue weighted by molar-refractivity contribution is 6.07. The van der Waals surface area contributed by atoms with Gasteiger partial charge in [0.1, 0.15) is 23.5 Å². The highest BCUT2D eigenvalue weighted by atomic mass is 19.4. The molecule has 0 saturated carbocycles. The lowest BCUT2D eigenvalue weighted by atomic mass is 10.1. The number of aryl methyl sites for hydroxylation is 2. The van der Waals surface area contributed by atoms with Gasteiger partial charge in [-0.3, -0.25) is 4.79 Å². The second kappa shape index (κ2) is 9.22. The topological polar surface area (TPSA) is 76.4 Å². The summed E-state index contributed by atoms with van der Waals surface area (Å²) in [4.78, 5) is 17.0. The van der Waals surface area contributed by atoms with Gasteiger partial charge in [0.05, 0.1) is 11.3 Å². The number of ether oxygens (including phenoxy) is 1. The second-order valence-electron chi connectivity index (χ2n) is 7.67. The minimum absolute atomic E-state index is 0.0706. The predicted molar refractivity (Wildman–Crippen MR) is 115 cm³/mol. The Hall–Kier alpha value is -3.40. The first-order valence-corrected chi connectivity index (χ1v) is 10.0. The van der Waals surface area contributed by atoms with E-state index in [4.69, 9.17) is 4.74 Å². The first-order chi connectivity index (χ1) is 15.4. The Morgan fingerprint density at radius 1 is 1.21 bits per heavy atom. The molecule has 33 heavy (non-hydrogen) atoms. The SMILES string of the molecule is Cc1ccccc1NC(=O)c1cc(F)c(-c2cn(C)c(C(C)O)n2)cc1OC(C)C(F)(F)F. The van der Waals surface area contributed by atoms with Crippen molar-refractivity contribution >= 4 is 11.6 Å². The number of imidazole rings is 1. The third-order valence-electron chi connectivity index (χ3n) is 5.03. The number of benzene rings is 2. The fourth-order valence-corrected chi connectivity index (χ4v) is 3.18. The van der Waals surface area contributed by atoms with Crippen LogP contribution in [-0.4, -0.2) is 32.8 Å². The monoisotopic (exact) mass is 465 g/mol. The van der Waals surface area contributed by atoms with Crippen molar-refractivity contribution in [2.45, 2.75) is 39.2 Å². The van der Waals surface area contributed by atoms with E-state index in [9.17, 15) is 23.1 Å². The average molecular weight is 465 g/mol. The molecule has 2 unspecified atom stereocenters. The van der Waals surface area contributed by atoms with Gasteiger partial charge in [0.25, 0.3) is 5.91 Å². The molecule has 0 aliphatic rings. The molecular formula is C23H23F4N3O3. The summed E-state index contributed by atoms with van der Waals surface area (Å²) in [6, 6.07) is 8.62. The van der Waals surface area contributed by atoms with Crippen LogP contribution in [0.1, 0.15) is 41.7 Å². The zero-order valence-corrected chi connectivity index (χ0v) is 18.4. The first kappa shape index (κ1) is 24.2. The second-order valence-corrected chi connectivity index (χ2v) is 7.67. The van der Waals surface area contributed by atoms with E-state index in [1.54, 1.807) is 38.2 Å². The lowest BCUT2D eigenvalue weighted by Crippen LogP contribution is -2.32. The van der Waals surface area contributed by atoms with Crippen LogP contribution in [0.2, 0.25) is 0 Å². The van der Waals surface area contributed by atoms with Gasteiger partial charge < -0.3 is 19.7 Å². The van der Waals surface area contributed by atoms with Crippen LogP contribution in [0, 0.1) is 12.7 Å². The Kier molecular flexibility index (Phi) is 6.78. The summed E-state index contributed by atoms with van der Waals surface area (Å²) in [5, 5.41) is 12.4. The van der Waals surface area contributed by atoms with E-state index in [1.807, 2.05) is 0 Å². The zero-order chi connectivity index (χ0) is 24.5. The molecule has 10 heteroatoms. The summed E-state index contributed by atoms with van der Waals surface area (Å²) < 4.78 is 61.1. The first-order valence-electron chi connectivity index (χ1n) is 10.0. The molecule has 176 valence electrons. The number of para-hydroxylation sites is 1. The minimum Gasteiger partial charge on any atom is -0.480 e. The van der Waals surface area contributed by atoms with Gasteiger partial charge >= 0.3 is 6.18 Å². The number of rotatable bonds is 6. The lowest BCUT2D eigenvalue weighted by Gasteiger charge is -2.20. The van der Waals surface area contributed by atoms with Gasteiger partial charge in [-0.1, -0.05) is 18.2 Å². The van der Waals surface area contributed by atoms with E-state index < -0.39 is 41.4 Å². The Morgan fingerprint density at radius 3 is 2.45 bits per heavy atom. The molecule has 6 nitrogen and oxygen atoms in total. The molecule has 1 heterocycles. The van der Waals surface area contributed by atoms with E-state index in [0.717, 1.165) is 19.1 Å². The Bertz CT molecular complexity index is 1170. The van der Waals surface area contributed by atoms with Crippen LogP contribution in [0.25, 0.3) is 11.3 Å². The molecule has 0 bridgehead atoms. The van der Waals surface area contributed by atoms with Crippen molar-refractivity contribution in [1.29, 1.82) is 0 Å². The highest BCUT2D eigenvalue weighted by Crippen LogP contribution is 2.34. The number of nitrogens with one attached hydrogen (secondary N) is 1. The Balaban J connectivity index is 2.08. The van der Waals surface area contributed by atoms with Crippen LogP contribution in [0.3, 0.4) is 0 Å². The summed E-state index contributed by atoms with van der Waals surface area (Å²) in [6.45, 7) is 4.00. The van der Waals surface area contributed by atoms with Crippen molar-refractivity contribution < 1.29 is 32.2 Å². The smallest absolute Gasteiger partial charge is 0.425 e. The molecule has 1 aromatic heterocycles. The number of hydrogen-bond donors (Lipinski definition) is 2. The molecule has 2 aromatic carbocycles. The third-order valence-corrected chi connectivity index (χ3v) is 5.03. The molecule has 0 radical (unpaired) electrons. The van der Waals surface area contributed by atoms with Gasteiger partial charge in [0.2, 0.25) is 0 Å². The number of aliphatic hydroxyl groups excluding tert-OH is 1. The molecule has 0 fully saturated rings. The maximum absolute atomic E-state index is 15.0. The predicted octanol–water partition coefficient (Wildman–Crippen LogP) is 5.17. The van der Waals surface area contributed by atoms with Crippen molar-refractivity contribution in [1.82, 2.24) is 9.55 Å². The fourth-order valence-electron chi connectivity index (χ4n) is 3.18. The van der Waals surface area contributed by atoms with Crippen molar-refractivity contribution in [2.75, 3.05) is 5.32 Å². The molecule has 3 rings (SSSR count). The number of carbonyl (C=O) groups is 1. The summed E-state index contributed by atoms with van der Waals surface area (Å²) >= 11 is 0. The number of aromatic nitrogens is 2. The molecule has 0 spiro atoms. The van der Waals surface area contributed by atoms with Gasteiger partial charge in [-0.05, 0) is 44.5 Å². The minimum atomic E-state index is -4.71. The molecule has 3 aromatic rings. The Morgan fingerprint density at radius 2 is 1.88 bits per heavy atom. The van der Waals surface area contributed by atoms with Crippen molar-refractivity contribution in [3.63, 3.8) is 0 Å². The summed E-state index contributed by atoms with van der Waals surface area (Å²) in [5.74, 6) is -1.93. The van der Waals surface area contributed by atoms with Gasteiger partial charge in [-0.15, -0.1) is 0 Å². The van der Waals surface area contributed by atoms with Crippen LogP contribution in [0.15, 0.2) is 42.6 Å². The van der Waals surface area contributed by atoms with Gasteiger partial charge in [-0.2, -0.15) is 13.2 Å². The summed E-state index contributed by atoms with van der Waals surface area (Å²) in [7, 11) is 1.59. The maximum Gasteiger partial charge on any atom is 0.425 e. The number of alkyl halides is 3. The van der Waals surface area contributed by atoms with E-state index in [0.29, 0.717) is 11.3 Å². The van der Waals surface area contributed by atoms with Gasteiger partial charge in [0, 0.05) is 24.5 Å². The van der Waals surface area contributed by atoms with Crippen molar-refractivity contribution in [3.05, 3.63) is 65.4 Å². The molecule has 0 aliphatic heterocycles. The highest BCUT2D eigenvalue weighted by Gasteiger charge is 2.39. The molecule has 0 saturated heterocycles. The molecule has 2 atom stereocenters. The van der Waals surface area contributed by atoms with Crippen molar-refractivity contribution in [3.8, 4) is 17.0 Å². The van der Waals surface area contributed by atoms with Crippen molar-refractivity contribution in [2.24, 2.45) is 7.05 Å². The standard InChI is InChI=1S/C23H23F4N3O3/c1-12-7-5-6-8-18(12)29-22(32)16-9-17(24)15(10-20(16)33-14(3)23(25,26)27)19-11-30(4)21(28-19)13(2)31/h5-11,13-14,31H,1-4H3,(H,29,32). The molecular weight excluding hydrogens is 442 g/mol. The van der Waals surface area contributed by atoms with E-state index >= 15 is 4.39 Å². The number of halogens is 4. The Labute approximate surface area is 187 Å². The van der Waals surface area contributed by atoms with E-state index in [2.05, 4.69) is 10.3 Å². The number of nitrogens with zero attached hydrogens (tertiary/aromatic N) is 2. The summed E-state index contributed by atoms with van der Waals surface area (Å²) in [5.41, 5.74) is 0.638. The van der Waals surface area contributed by atoms with Crippen LogP contribution >= 0.6 is 0 Å². The largest absolute Gasteiger partial charge is 0.480 e.